The first-order valence-electron chi connectivity index (χ1n) is 10.7. The summed E-state index contributed by atoms with van der Waals surface area (Å²) in [6.07, 6.45) is 1.91. The van der Waals surface area contributed by atoms with Crippen LogP contribution in [0.2, 0.25) is 0 Å². The fourth-order valence-corrected chi connectivity index (χ4v) is 4.00. The molecule has 30 heavy (non-hydrogen) atoms. The summed E-state index contributed by atoms with van der Waals surface area (Å²) in [4.78, 5) is 43.1. The Morgan fingerprint density at radius 1 is 1.23 bits per heavy atom. The van der Waals surface area contributed by atoms with E-state index >= 15 is 0 Å². The van der Waals surface area contributed by atoms with Gasteiger partial charge in [-0.1, -0.05) is 32.1 Å². The van der Waals surface area contributed by atoms with E-state index in [0.717, 1.165) is 5.69 Å². The van der Waals surface area contributed by atoms with E-state index in [-0.39, 0.29) is 30.1 Å². The second-order valence-electron chi connectivity index (χ2n) is 8.35. The topological polar surface area (TPSA) is 73.0 Å². The molecule has 1 aromatic rings. The molecule has 2 saturated heterocycles. The van der Waals surface area contributed by atoms with Gasteiger partial charge in [-0.3, -0.25) is 19.3 Å². The van der Waals surface area contributed by atoms with Crippen LogP contribution in [0.3, 0.4) is 0 Å². The Morgan fingerprint density at radius 2 is 1.97 bits per heavy atom. The van der Waals surface area contributed by atoms with Crippen LogP contribution in [0.25, 0.3) is 0 Å². The van der Waals surface area contributed by atoms with Crippen LogP contribution in [0.15, 0.2) is 36.9 Å². The largest absolute Gasteiger partial charge is 0.352 e. The highest BCUT2D eigenvalue weighted by Crippen LogP contribution is 2.29. The maximum Gasteiger partial charge on any atom is 0.234 e. The minimum absolute atomic E-state index is 0.00628. The molecule has 0 saturated carbocycles. The minimum Gasteiger partial charge on any atom is -0.352 e. The van der Waals surface area contributed by atoms with E-state index in [0.29, 0.717) is 51.7 Å². The lowest BCUT2D eigenvalue weighted by Gasteiger charge is -2.35. The summed E-state index contributed by atoms with van der Waals surface area (Å²) in [5.41, 5.74) is 2.06. The van der Waals surface area contributed by atoms with Crippen LogP contribution in [0.5, 0.6) is 0 Å². The van der Waals surface area contributed by atoms with Crippen LogP contribution < -0.4 is 10.2 Å². The van der Waals surface area contributed by atoms with Crippen LogP contribution in [0.4, 0.5) is 5.69 Å². The Kier molecular flexibility index (Phi) is 7.26. The summed E-state index contributed by atoms with van der Waals surface area (Å²) in [6, 6.07) is 8.02. The molecule has 2 heterocycles. The van der Waals surface area contributed by atoms with Crippen LogP contribution in [0.1, 0.15) is 31.7 Å². The van der Waals surface area contributed by atoms with Crippen molar-refractivity contribution in [2.24, 2.45) is 5.92 Å². The lowest BCUT2D eigenvalue weighted by molar-refractivity contribution is -0.137. The SMILES string of the molecule is C=CCNC(=O)CN1CCN(C(=O)C2CC(=O)N(c3cccc(C(C)C)c3)C2)CC1. The molecular formula is C23H32N4O3. The van der Waals surface area contributed by atoms with Gasteiger partial charge in [-0.15, -0.1) is 6.58 Å². The van der Waals surface area contributed by atoms with Gasteiger partial charge in [0.1, 0.15) is 0 Å². The second-order valence-corrected chi connectivity index (χ2v) is 8.35. The van der Waals surface area contributed by atoms with E-state index in [2.05, 4.69) is 31.8 Å². The Balaban J connectivity index is 1.53. The number of carbonyl (C=O) groups is 3. The number of benzene rings is 1. The zero-order valence-corrected chi connectivity index (χ0v) is 18.0. The van der Waals surface area contributed by atoms with Gasteiger partial charge in [0.15, 0.2) is 0 Å². The number of piperazine rings is 1. The predicted octanol–water partition coefficient (Wildman–Crippen LogP) is 1.61. The van der Waals surface area contributed by atoms with E-state index in [1.807, 2.05) is 28.0 Å². The van der Waals surface area contributed by atoms with Crippen molar-refractivity contribution in [3.63, 3.8) is 0 Å². The van der Waals surface area contributed by atoms with Crippen molar-refractivity contribution in [3.05, 3.63) is 42.5 Å². The van der Waals surface area contributed by atoms with Crippen molar-refractivity contribution in [2.75, 3.05) is 50.7 Å². The zero-order chi connectivity index (χ0) is 21.7. The van der Waals surface area contributed by atoms with Crippen molar-refractivity contribution < 1.29 is 14.4 Å². The minimum atomic E-state index is -0.303. The Hall–Kier alpha value is -2.67. The molecule has 7 nitrogen and oxygen atoms in total. The van der Waals surface area contributed by atoms with E-state index in [4.69, 9.17) is 0 Å². The lowest BCUT2D eigenvalue weighted by Crippen LogP contribution is -2.52. The van der Waals surface area contributed by atoms with Crippen LogP contribution in [-0.2, 0) is 14.4 Å². The van der Waals surface area contributed by atoms with E-state index in [1.54, 1.807) is 11.0 Å². The van der Waals surface area contributed by atoms with Gasteiger partial charge < -0.3 is 15.1 Å². The third-order valence-electron chi connectivity index (χ3n) is 5.82. The molecule has 3 amide bonds. The summed E-state index contributed by atoms with van der Waals surface area (Å²) in [7, 11) is 0. The van der Waals surface area contributed by atoms with E-state index < -0.39 is 0 Å². The molecule has 2 aliphatic heterocycles. The lowest BCUT2D eigenvalue weighted by atomic mass is 10.0. The first-order valence-corrected chi connectivity index (χ1v) is 10.7. The molecule has 0 aliphatic carbocycles. The highest BCUT2D eigenvalue weighted by atomic mass is 16.2. The molecule has 1 N–H and O–H groups in total. The molecular weight excluding hydrogens is 380 g/mol. The maximum absolute atomic E-state index is 13.0. The van der Waals surface area contributed by atoms with Gasteiger partial charge in [0.25, 0.3) is 0 Å². The Labute approximate surface area is 178 Å². The van der Waals surface area contributed by atoms with Gasteiger partial charge in [0.2, 0.25) is 17.7 Å². The zero-order valence-electron chi connectivity index (χ0n) is 18.0. The molecule has 0 aromatic heterocycles. The summed E-state index contributed by atoms with van der Waals surface area (Å²) >= 11 is 0. The van der Waals surface area contributed by atoms with Crippen LogP contribution >= 0.6 is 0 Å². The number of hydrogen-bond acceptors (Lipinski definition) is 4. The molecule has 0 spiro atoms. The molecule has 3 rings (SSSR count). The Morgan fingerprint density at radius 3 is 2.63 bits per heavy atom. The third-order valence-corrected chi connectivity index (χ3v) is 5.82. The number of rotatable bonds is 7. The van der Waals surface area contributed by atoms with Crippen molar-refractivity contribution in [1.29, 1.82) is 0 Å². The molecule has 7 heteroatoms. The average molecular weight is 413 g/mol. The maximum atomic E-state index is 13.0. The van der Waals surface area contributed by atoms with Gasteiger partial charge in [-0.2, -0.15) is 0 Å². The fourth-order valence-electron chi connectivity index (χ4n) is 4.00. The average Bonchev–Trinajstić information content (AvgIpc) is 3.14. The molecule has 1 unspecified atom stereocenters. The van der Waals surface area contributed by atoms with Gasteiger partial charge in [-0.25, -0.2) is 0 Å². The first kappa shape index (κ1) is 22.0. The molecule has 162 valence electrons. The van der Waals surface area contributed by atoms with Gasteiger partial charge in [0, 0.05) is 51.4 Å². The second kappa shape index (κ2) is 9.89. The molecule has 1 atom stereocenters. The first-order chi connectivity index (χ1) is 14.4. The number of hydrogen-bond donors (Lipinski definition) is 1. The smallest absolute Gasteiger partial charge is 0.234 e. The number of amides is 3. The van der Waals surface area contributed by atoms with Crippen molar-refractivity contribution in [1.82, 2.24) is 15.1 Å². The molecule has 1 aromatic carbocycles. The summed E-state index contributed by atoms with van der Waals surface area (Å²) in [5.74, 6) is 0.0987. The summed E-state index contributed by atoms with van der Waals surface area (Å²) in [6.45, 7) is 11.6. The summed E-state index contributed by atoms with van der Waals surface area (Å²) < 4.78 is 0. The predicted molar refractivity (Wildman–Crippen MR) is 117 cm³/mol. The van der Waals surface area contributed by atoms with Crippen molar-refractivity contribution >= 4 is 23.4 Å². The van der Waals surface area contributed by atoms with Gasteiger partial charge in [-0.05, 0) is 23.6 Å². The van der Waals surface area contributed by atoms with Gasteiger partial charge >= 0.3 is 0 Å². The molecule has 2 fully saturated rings. The standard InChI is InChI=1S/C23H32N4O3/c1-4-8-24-21(28)16-25-9-11-26(12-10-25)23(30)19-14-22(29)27(15-19)20-7-5-6-18(13-20)17(2)3/h4-7,13,17,19H,1,8-12,14-16H2,2-3H3,(H,24,28). The fraction of sp³-hybridized carbons (Fsp3) is 0.522. The van der Waals surface area contributed by atoms with Crippen molar-refractivity contribution in [2.45, 2.75) is 26.2 Å². The van der Waals surface area contributed by atoms with E-state index in [1.165, 1.54) is 5.56 Å². The highest BCUT2D eigenvalue weighted by Gasteiger charge is 2.38. The molecule has 0 radical (unpaired) electrons. The van der Waals surface area contributed by atoms with Crippen LogP contribution in [0, 0.1) is 5.92 Å². The van der Waals surface area contributed by atoms with Crippen LogP contribution in [-0.4, -0.2) is 73.3 Å². The molecule has 2 aliphatic rings. The summed E-state index contributed by atoms with van der Waals surface area (Å²) in [5, 5.41) is 2.77. The quantitative estimate of drug-likeness (QED) is 0.691. The monoisotopic (exact) mass is 412 g/mol. The number of nitrogens with one attached hydrogen (secondary N) is 1. The van der Waals surface area contributed by atoms with Gasteiger partial charge in [0.05, 0.1) is 12.5 Å². The number of anilines is 1. The highest BCUT2D eigenvalue weighted by molar-refractivity contribution is 6.00. The number of nitrogens with zero attached hydrogens (tertiary/aromatic N) is 3. The molecule has 0 bridgehead atoms. The van der Waals surface area contributed by atoms with E-state index in [9.17, 15) is 14.4 Å². The number of carbonyl (C=O) groups excluding carboxylic acids is 3. The third kappa shape index (κ3) is 5.27. The normalized spacial score (nSPS) is 20.0. The van der Waals surface area contributed by atoms with Crippen molar-refractivity contribution in [3.8, 4) is 0 Å². The Bertz CT molecular complexity index is 799.